The van der Waals surface area contributed by atoms with Crippen LogP contribution in [0.5, 0.6) is 0 Å². The lowest BCUT2D eigenvalue weighted by Crippen LogP contribution is -2.12. The zero-order valence-corrected chi connectivity index (χ0v) is 11.0. The maximum atomic E-state index is 14.0. The van der Waals surface area contributed by atoms with Gasteiger partial charge in [-0.3, -0.25) is 0 Å². The van der Waals surface area contributed by atoms with E-state index in [1.54, 1.807) is 13.2 Å². The molecule has 0 atom stereocenters. The summed E-state index contributed by atoms with van der Waals surface area (Å²) in [6.45, 7) is 4.03. The van der Waals surface area contributed by atoms with Crippen LogP contribution < -0.4 is 11.1 Å². The van der Waals surface area contributed by atoms with Crippen LogP contribution in [0.3, 0.4) is 0 Å². The topological polar surface area (TPSA) is 47.3 Å². The van der Waals surface area contributed by atoms with Crippen molar-refractivity contribution >= 4 is 17.1 Å². The molecule has 0 aromatic heterocycles. The Labute approximate surface area is 107 Å². The lowest BCUT2D eigenvalue weighted by Gasteiger charge is -2.15. The molecule has 0 bridgehead atoms. The molecule has 3 nitrogen and oxygen atoms in total. The van der Waals surface area contributed by atoms with Gasteiger partial charge in [-0.25, -0.2) is 4.39 Å². The highest BCUT2D eigenvalue weighted by Gasteiger charge is 2.23. The summed E-state index contributed by atoms with van der Waals surface area (Å²) in [4.78, 5) is 0. The number of allylic oxidation sites excluding steroid dienone is 1. The van der Waals surface area contributed by atoms with Crippen molar-refractivity contribution in [2.75, 3.05) is 18.2 Å². The molecule has 98 valence electrons. The maximum absolute atomic E-state index is 14.0. The molecule has 1 aromatic carbocycles. The molecular weight excluding hydrogens is 231 g/mol. The number of ether oxygens (including phenoxy) is 1. The molecule has 1 aliphatic rings. The number of methoxy groups -OCH3 is 1. The first-order valence-electron chi connectivity index (χ1n) is 6.15. The molecule has 1 aliphatic carbocycles. The monoisotopic (exact) mass is 250 g/mol. The molecule has 1 fully saturated rings. The summed E-state index contributed by atoms with van der Waals surface area (Å²) in [5.74, 6) is 0.317. The Balaban J connectivity index is 2.44. The Morgan fingerprint density at radius 3 is 2.56 bits per heavy atom. The summed E-state index contributed by atoms with van der Waals surface area (Å²) in [7, 11) is 1.58. The van der Waals surface area contributed by atoms with Gasteiger partial charge in [-0.05, 0) is 44.4 Å². The van der Waals surface area contributed by atoms with Crippen molar-refractivity contribution in [3.05, 3.63) is 29.1 Å². The molecule has 1 saturated carbocycles. The Kier molecular flexibility index (Phi) is 3.45. The highest BCUT2D eigenvalue weighted by Crippen LogP contribution is 2.39. The van der Waals surface area contributed by atoms with E-state index >= 15 is 0 Å². The van der Waals surface area contributed by atoms with Gasteiger partial charge in [-0.15, -0.1) is 0 Å². The van der Waals surface area contributed by atoms with Gasteiger partial charge in [0.1, 0.15) is 11.6 Å². The smallest absolute Gasteiger partial charge is 0.136 e. The summed E-state index contributed by atoms with van der Waals surface area (Å²) in [6.07, 6.45) is 1.97. The van der Waals surface area contributed by atoms with Crippen LogP contribution in [0.1, 0.15) is 32.3 Å². The second kappa shape index (κ2) is 4.88. The first-order chi connectivity index (χ1) is 8.52. The molecule has 0 unspecified atom stereocenters. The summed E-state index contributed by atoms with van der Waals surface area (Å²) >= 11 is 0. The van der Waals surface area contributed by atoms with Crippen molar-refractivity contribution in [2.24, 2.45) is 0 Å². The van der Waals surface area contributed by atoms with E-state index in [9.17, 15) is 4.39 Å². The van der Waals surface area contributed by atoms with Crippen molar-refractivity contribution in [1.82, 2.24) is 0 Å². The number of hydrogen-bond donors (Lipinski definition) is 2. The number of hydrogen-bond acceptors (Lipinski definition) is 3. The highest BCUT2D eigenvalue weighted by molar-refractivity contribution is 5.76. The SMILES string of the molecule is COC(=C1CC1)c1cc(NC(C)C)c(N)cc1F. The van der Waals surface area contributed by atoms with Gasteiger partial charge in [0.05, 0.1) is 24.0 Å². The number of nitrogen functional groups attached to an aromatic ring is 1. The molecular formula is C14H19FN2O. The third-order valence-electron chi connectivity index (χ3n) is 2.85. The van der Waals surface area contributed by atoms with Crippen molar-refractivity contribution in [3.63, 3.8) is 0 Å². The number of rotatable bonds is 4. The minimum absolute atomic E-state index is 0.241. The molecule has 0 spiro atoms. The minimum Gasteiger partial charge on any atom is -0.496 e. The van der Waals surface area contributed by atoms with Gasteiger partial charge in [0.15, 0.2) is 0 Å². The average Bonchev–Trinajstić information content (AvgIpc) is 3.09. The van der Waals surface area contributed by atoms with Gasteiger partial charge >= 0.3 is 0 Å². The molecule has 2 rings (SSSR count). The van der Waals surface area contributed by atoms with Gasteiger partial charge in [0, 0.05) is 6.04 Å². The number of halogens is 1. The third kappa shape index (κ3) is 2.58. The van der Waals surface area contributed by atoms with Crippen molar-refractivity contribution in [2.45, 2.75) is 32.7 Å². The molecule has 18 heavy (non-hydrogen) atoms. The van der Waals surface area contributed by atoms with Crippen LogP contribution in [-0.2, 0) is 4.74 Å². The molecule has 0 saturated heterocycles. The normalized spacial score (nSPS) is 13.7. The van der Waals surface area contributed by atoms with Crippen molar-refractivity contribution < 1.29 is 9.13 Å². The summed E-state index contributed by atoms with van der Waals surface area (Å²) in [5, 5.41) is 3.21. The van der Waals surface area contributed by atoms with Gasteiger partial charge in [0.25, 0.3) is 0 Å². The van der Waals surface area contributed by atoms with E-state index in [1.807, 2.05) is 13.8 Å². The van der Waals surface area contributed by atoms with Gasteiger partial charge in [-0.2, -0.15) is 0 Å². The van der Waals surface area contributed by atoms with Crippen LogP contribution in [-0.4, -0.2) is 13.2 Å². The first kappa shape index (κ1) is 12.7. The maximum Gasteiger partial charge on any atom is 0.136 e. The molecule has 0 heterocycles. The minimum atomic E-state index is -0.335. The van der Waals surface area contributed by atoms with E-state index in [4.69, 9.17) is 10.5 Å². The van der Waals surface area contributed by atoms with E-state index in [0.717, 1.165) is 24.1 Å². The van der Waals surface area contributed by atoms with Crippen LogP contribution >= 0.6 is 0 Å². The highest BCUT2D eigenvalue weighted by atomic mass is 19.1. The van der Waals surface area contributed by atoms with Crippen molar-refractivity contribution in [1.29, 1.82) is 0 Å². The molecule has 0 aliphatic heterocycles. The number of benzene rings is 1. The first-order valence-corrected chi connectivity index (χ1v) is 6.15. The van der Waals surface area contributed by atoms with E-state index in [-0.39, 0.29) is 11.9 Å². The fourth-order valence-corrected chi connectivity index (χ4v) is 1.93. The summed E-state index contributed by atoms with van der Waals surface area (Å²) < 4.78 is 19.3. The largest absolute Gasteiger partial charge is 0.496 e. The molecule has 4 heteroatoms. The fourth-order valence-electron chi connectivity index (χ4n) is 1.93. The zero-order chi connectivity index (χ0) is 13.3. The fraction of sp³-hybridized carbons (Fsp3) is 0.429. The Bertz CT molecular complexity index is 489. The van der Waals surface area contributed by atoms with Crippen LogP contribution in [0.25, 0.3) is 5.76 Å². The Morgan fingerprint density at radius 2 is 2.06 bits per heavy atom. The second-order valence-corrected chi connectivity index (χ2v) is 4.86. The molecule has 0 amide bonds. The summed E-state index contributed by atoms with van der Waals surface area (Å²) in [5.41, 5.74) is 8.63. The Hall–Kier alpha value is -1.71. The van der Waals surface area contributed by atoms with Crippen LogP contribution in [0.15, 0.2) is 17.7 Å². The van der Waals surface area contributed by atoms with Gasteiger partial charge in [-0.1, -0.05) is 0 Å². The van der Waals surface area contributed by atoms with Gasteiger partial charge < -0.3 is 15.8 Å². The standard InChI is InChI=1S/C14H19FN2O/c1-8(2)17-13-6-10(11(15)7-12(13)16)14(18-3)9-4-5-9/h6-8,17H,4-5,16H2,1-3H3. The number of nitrogens with one attached hydrogen (secondary N) is 1. The van der Waals surface area contributed by atoms with Crippen LogP contribution in [0.4, 0.5) is 15.8 Å². The lowest BCUT2D eigenvalue weighted by atomic mass is 10.1. The number of nitrogens with two attached hydrogens (primary N) is 1. The predicted octanol–water partition coefficient (Wildman–Crippen LogP) is 3.38. The van der Waals surface area contributed by atoms with E-state index in [1.165, 1.54) is 6.07 Å². The summed E-state index contributed by atoms with van der Waals surface area (Å²) in [6, 6.07) is 3.32. The molecule has 3 N–H and O–H groups in total. The van der Waals surface area contributed by atoms with E-state index < -0.39 is 0 Å². The lowest BCUT2D eigenvalue weighted by molar-refractivity contribution is 0.366. The van der Waals surface area contributed by atoms with E-state index in [2.05, 4.69) is 5.32 Å². The Morgan fingerprint density at radius 1 is 1.39 bits per heavy atom. The van der Waals surface area contributed by atoms with Gasteiger partial charge in [0.2, 0.25) is 0 Å². The third-order valence-corrected chi connectivity index (χ3v) is 2.85. The zero-order valence-electron chi connectivity index (χ0n) is 11.0. The predicted molar refractivity (Wildman–Crippen MR) is 72.7 cm³/mol. The quantitative estimate of drug-likeness (QED) is 0.636. The molecule has 1 aromatic rings. The second-order valence-electron chi connectivity index (χ2n) is 4.86. The van der Waals surface area contributed by atoms with Crippen molar-refractivity contribution in [3.8, 4) is 0 Å². The van der Waals surface area contributed by atoms with E-state index in [0.29, 0.717) is 17.0 Å². The molecule has 0 radical (unpaired) electrons. The van der Waals surface area contributed by atoms with Crippen LogP contribution in [0.2, 0.25) is 0 Å². The van der Waals surface area contributed by atoms with Crippen LogP contribution in [0, 0.1) is 5.82 Å². The number of anilines is 2. The average molecular weight is 250 g/mol.